The molecule has 0 saturated heterocycles. The van der Waals surface area contributed by atoms with Crippen molar-refractivity contribution in [2.45, 2.75) is 13.5 Å². The third kappa shape index (κ3) is 2.44. The Kier molecular flexibility index (Phi) is 3.39. The number of hydrogen-bond donors (Lipinski definition) is 0. The van der Waals surface area contributed by atoms with Crippen LogP contribution in [0, 0.1) is 17.0 Å². The van der Waals surface area contributed by atoms with Gasteiger partial charge in [-0.25, -0.2) is 0 Å². The van der Waals surface area contributed by atoms with Crippen molar-refractivity contribution in [3.8, 4) is 0 Å². The van der Waals surface area contributed by atoms with Crippen LogP contribution >= 0.6 is 0 Å². The van der Waals surface area contributed by atoms with Crippen molar-refractivity contribution in [3.05, 3.63) is 38.3 Å². The number of aromatic nitrogens is 1. The lowest BCUT2D eigenvalue weighted by Crippen LogP contribution is -2.26. The molecule has 0 radical (unpaired) electrons. The van der Waals surface area contributed by atoms with E-state index in [9.17, 15) is 19.7 Å². The van der Waals surface area contributed by atoms with Crippen molar-refractivity contribution in [1.82, 2.24) is 4.57 Å². The molecule has 0 amide bonds. The normalized spacial score (nSPS) is 9.88. The van der Waals surface area contributed by atoms with E-state index in [1.165, 1.54) is 14.0 Å². The summed E-state index contributed by atoms with van der Waals surface area (Å²) in [6, 6.07) is 1.16. The van der Waals surface area contributed by atoms with Crippen LogP contribution in [0.1, 0.15) is 5.56 Å². The van der Waals surface area contributed by atoms with Crippen molar-refractivity contribution >= 4 is 11.7 Å². The fraction of sp³-hybridized carbons (Fsp3) is 0.333. The smallest absolute Gasteiger partial charge is 0.325 e. The first-order chi connectivity index (χ1) is 7.45. The summed E-state index contributed by atoms with van der Waals surface area (Å²) < 4.78 is 5.34. The van der Waals surface area contributed by atoms with Crippen LogP contribution in [0.2, 0.25) is 0 Å². The molecule has 0 saturated carbocycles. The van der Waals surface area contributed by atoms with Gasteiger partial charge in [-0.3, -0.25) is 24.3 Å². The largest absolute Gasteiger partial charge is 0.468 e. The molecule has 0 N–H and O–H groups in total. The van der Waals surface area contributed by atoms with Crippen LogP contribution < -0.4 is 5.56 Å². The summed E-state index contributed by atoms with van der Waals surface area (Å²) >= 11 is 0. The van der Waals surface area contributed by atoms with E-state index in [1.807, 2.05) is 0 Å². The number of carbonyl (C=O) groups excluding carboxylic acids is 1. The molecular weight excluding hydrogens is 216 g/mol. The van der Waals surface area contributed by atoms with Crippen LogP contribution in [0.4, 0.5) is 5.69 Å². The van der Waals surface area contributed by atoms with Gasteiger partial charge < -0.3 is 4.74 Å². The third-order valence-electron chi connectivity index (χ3n) is 1.99. The minimum absolute atomic E-state index is 0.207. The van der Waals surface area contributed by atoms with Crippen LogP contribution in [-0.2, 0) is 16.1 Å². The lowest BCUT2D eigenvalue weighted by atomic mass is 10.3. The molecule has 7 nitrogen and oxygen atoms in total. The maximum atomic E-state index is 11.5. The SMILES string of the molecule is COC(=O)Cn1cc([N+](=O)[O-])cc(C)c1=O. The van der Waals surface area contributed by atoms with Gasteiger partial charge in [0.05, 0.1) is 18.2 Å². The first-order valence-corrected chi connectivity index (χ1v) is 4.38. The van der Waals surface area contributed by atoms with Gasteiger partial charge in [-0.15, -0.1) is 0 Å². The van der Waals surface area contributed by atoms with E-state index in [4.69, 9.17) is 0 Å². The standard InChI is InChI=1S/C9H10N2O5/c1-6-3-7(11(14)15)4-10(9(6)13)5-8(12)16-2/h3-4H,5H2,1-2H3. The molecule has 0 unspecified atom stereocenters. The van der Waals surface area contributed by atoms with Gasteiger partial charge in [-0.05, 0) is 6.92 Å². The summed E-state index contributed by atoms with van der Waals surface area (Å²) in [5, 5.41) is 10.5. The summed E-state index contributed by atoms with van der Waals surface area (Å²) in [6.45, 7) is 1.11. The van der Waals surface area contributed by atoms with Crippen molar-refractivity contribution < 1.29 is 14.5 Å². The Morgan fingerprint density at radius 3 is 2.75 bits per heavy atom. The maximum absolute atomic E-state index is 11.5. The number of hydrogen-bond acceptors (Lipinski definition) is 5. The molecule has 1 rings (SSSR count). The molecule has 0 aliphatic heterocycles. The molecule has 7 heteroatoms. The van der Waals surface area contributed by atoms with Crippen LogP contribution in [0.15, 0.2) is 17.1 Å². The second-order valence-corrected chi connectivity index (χ2v) is 3.15. The van der Waals surface area contributed by atoms with Crippen molar-refractivity contribution in [2.24, 2.45) is 0 Å². The first-order valence-electron chi connectivity index (χ1n) is 4.38. The highest BCUT2D eigenvalue weighted by Gasteiger charge is 2.13. The van der Waals surface area contributed by atoms with E-state index >= 15 is 0 Å². The van der Waals surface area contributed by atoms with E-state index in [0.29, 0.717) is 0 Å². The highest BCUT2D eigenvalue weighted by atomic mass is 16.6. The summed E-state index contributed by atoms with van der Waals surface area (Å²) in [7, 11) is 1.18. The fourth-order valence-corrected chi connectivity index (χ4v) is 1.19. The van der Waals surface area contributed by atoms with Gasteiger partial charge in [0, 0.05) is 11.6 Å². The zero-order chi connectivity index (χ0) is 12.3. The second-order valence-electron chi connectivity index (χ2n) is 3.15. The molecule has 0 fully saturated rings. The Morgan fingerprint density at radius 2 is 2.25 bits per heavy atom. The molecule has 0 aliphatic rings. The molecular formula is C9H10N2O5. The molecule has 1 heterocycles. The average Bonchev–Trinajstić information content (AvgIpc) is 2.23. The van der Waals surface area contributed by atoms with Crippen LogP contribution in [0.5, 0.6) is 0 Å². The molecule has 1 aromatic heterocycles. The van der Waals surface area contributed by atoms with E-state index in [1.54, 1.807) is 0 Å². The quantitative estimate of drug-likeness (QED) is 0.418. The maximum Gasteiger partial charge on any atom is 0.325 e. The molecule has 0 atom stereocenters. The van der Waals surface area contributed by atoms with Gasteiger partial charge in [0.1, 0.15) is 6.54 Å². The number of nitrogens with zero attached hydrogens (tertiary/aromatic N) is 2. The second kappa shape index (κ2) is 4.56. The number of aryl methyl sites for hydroxylation is 1. The molecule has 0 aliphatic carbocycles. The summed E-state index contributed by atoms with van der Waals surface area (Å²) in [5.74, 6) is -0.637. The number of nitro groups is 1. The zero-order valence-corrected chi connectivity index (χ0v) is 8.80. The van der Waals surface area contributed by atoms with Crippen LogP contribution in [0.25, 0.3) is 0 Å². The van der Waals surface area contributed by atoms with Gasteiger partial charge in [-0.1, -0.05) is 0 Å². The van der Waals surface area contributed by atoms with E-state index in [-0.39, 0.29) is 17.8 Å². The monoisotopic (exact) mass is 226 g/mol. The summed E-state index contributed by atoms with van der Waals surface area (Å²) in [6.07, 6.45) is 1.02. The molecule has 0 bridgehead atoms. The minimum atomic E-state index is -0.637. The molecule has 0 aromatic carbocycles. The topological polar surface area (TPSA) is 91.4 Å². The van der Waals surface area contributed by atoms with Gasteiger partial charge >= 0.3 is 5.97 Å². The molecule has 1 aromatic rings. The van der Waals surface area contributed by atoms with E-state index < -0.39 is 16.5 Å². The third-order valence-corrected chi connectivity index (χ3v) is 1.99. The summed E-state index contributed by atoms with van der Waals surface area (Å²) in [4.78, 5) is 32.4. The molecule has 0 spiro atoms. The lowest BCUT2D eigenvalue weighted by molar-refractivity contribution is -0.385. The lowest BCUT2D eigenvalue weighted by Gasteiger charge is -2.04. The number of rotatable bonds is 3. The zero-order valence-electron chi connectivity index (χ0n) is 8.80. The number of pyridine rings is 1. The van der Waals surface area contributed by atoms with Crippen molar-refractivity contribution in [1.29, 1.82) is 0 Å². The molecule has 86 valence electrons. The predicted molar refractivity (Wildman–Crippen MR) is 54.1 cm³/mol. The number of esters is 1. The van der Waals surface area contributed by atoms with E-state index in [2.05, 4.69) is 4.74 Å². The van der Waals surface area contributed by atoms with Crippen LogP contribution in [-0.4, -0.2) is 22.6 Å². The predicted octanol–water partition coefficient (Wildman–Crippen LogP) is 0.238. The van der Waals surface area contributed by atoms with Gasteiger partial charge in [-0.2, -0.15) is 0 Å². The Morgan fingerprint density at radius 1 is 1.62 bits per heavy atom. The number of ether oxygens (including phenoxy) is 1. The average molecular weight is 226 g/mol. The Labute approximate surface area is 90.4 Å². The Bertz CT molecular complexity index is 491. The highest BCUT2D eigenvalue weighted by Crippen LogP contribution is 2.09. The number of methoxy groups -OCH3 is 1. The van der Waals surface area contributed by atoms with Crippen molar-refractivity contribution in [2.75, 3.05) is 7.11 Å². The number of carbonyl (C=O) groups is 1. The van der Waals surface area contributed by atoms with E-state index in [0.717, 1.165) is 16.8 Å². The Balaban J connectivity index is 3.22. The van der Waals surface area contributed by atoms with Gasteiger partial charge in [0.25, 0.3) is 11.2 Å². The summed E-state index contributed by atoms with van der Waals surface area (Å²) in [5.41, 5.74) is -0.477. The Hall–Kier alpha value is -2.18. The minimum Gasteiger partial charge on any atom is -0.468 e. The highest BCUT2D eigenvalue weighted by molar-refractivity contribution is 5.69. The van der Waals surface area contributed by atoms with Crippen LogP contribution in [0.3, 0.4) is 0 Å². The fourth-order valence-electron chi connectivity index (χ4n) is 1.19. The molecule has 16 heavy (non-hydrogen) atoms. The van der Waals surface area contributed by atoms with Gasteiger partial charge in [0.15, 0.2) is 0 Å². The van der Waals surface area contributed by atoms with Gasteiger partial charge in [0.2, 0.25) is 0 Å². The van der Waals surface area contributed by atoms with Crippen molar-refractivity contribution in [3.63, 3.8) is 0 Å². The first kappa shape index (κ1) is 11.9.